The van der Waals surface area contributed by atoms with Crippen molar-refractivity contribution >= 4 is 61.9 Å². The average Bonchev–Trinajstić information content (AvgIpc) is 3.77. The smallest absolute Gasteiger partial charge is 0.238 e. The maximum absolute atomic E-state index is 16.2. The van der Waals surface area contributed by atoms with Gasteiger partial charge in [-0.2, -0.15) is 21.0 Å². The molecule has 0 spiro atoms. The summed E-state index contributed by atoms with van der Waals surface area (Å²) in [5, 5.41) is 39.6. The van der Waals surface area contributed by atoms with Crippen LogP contribution in [0.25, 0.3) is 69.1 Å². The van der Waals surface area contributed by atoms with Crippen LogP contribution in [0.4, 0.5) is 52.2 Å². The molecule has 5 aromatic rings. The number of benzene rings is 5. The first-order valence-corrected chi connectivity index (χ1v) is 17.8. The summed E-state index contributed by atoms with van der Waals surface area (Å²) in [6.07, 6.45) is 0. The first-order valence-electron chi connectivity index (χ1n) is 17.8. The van der Waals surface area contributed by atoms with Crippen LogP contribution in [0.5, 0.6) is 0 Å². The summed E-state index contributed by atoms with van der Waals surface area (Å²) >= 11 is 0. The molecule has 17 heteroatoms. The largest absolute Gasteiger partial charge is 0.262 e. The van der Waals surface area contributed by atoms with Gasteiger partial charge in [-0.05, 0) is 92.9 Å². The minimum atomic E-state index is -2.18. The Morgan fingerprint density at radius 3 is 1.46 bits per heavy atom. The van der Waals surface area contributed by atoms with E-state index < -0.39 is 114 Å². The molecule has 2 aliphatic carbocycles. The molecular formula is C48H11F8N9. The van der Waals surface area contributed by atoms with E-state index in [2.05, 4.69) is 24.2 Å². The van der Waals surface area contributed by atoms with E-state index in [1.807, 2.05) is 0 Å². The highest BCUT2D eigenvalue weighted by atomic mass is 19.2. The predicted octanol–water partition coefficient (Wildman–Crippen LogP) is 13.0. The molecule has 0 aliphatic heterocycles. The van der Waals surface area contributed by atoms with Gasteiger partial charge in [-0.3, -0.25) is 0 Å². The summed E-state index contributed by atoms with van der Waals surface area (Å²) in [6.45, 7) is 39.9. The highest BCUT2D eigenvalue weighted by Gasteiger charge is 2.41. The van der Waals surface area contributed by atoms with Gasteiger partial charge in [-0.25, -0.2) is 59.3 Å². The van der Waals surface area contributed by atoms with E-state index in [-0.39, 0.29) is 55.9 Å². The van der Waals surface area contributed by atoms with Crippen molar-refractivity contribution in [1.82, 2.24) is 0 Å². The van der Waals surface area contributed by atoms with E-state index in [1.165, 1.54) is 0 Å². The van der Waals surface area contributed by atoms with E-state index in [1.54, 1.807) is 18.2 Å². The number of allylic oxidation sites excluding steroid dienone is 6. The zero-order valence-electron chi connectivity index (χ0n) is 32.2. The van der Waals surface area contributed by atoms with Crippen LogP contribution in [0.1, 0.15) is 68.1 Å². The molecule has 0 saturated carbocycles. The van der Waals surface area contributed by atoms with E-state index in [4.69, 9.17) is 32.9 Å². The first kappa shape index (κ1) is 43.0. The Kier molecular flexibility index (Phi) is 10.6. The van der Waals surface area contributed by atoms with Gasteiger partial charge in [0.15, 0.2) is 57.9 Å². The lowest BCUT2D eigenvalue weighted by Gasteiger charge is -2.17. The van der Waals surface area contributed by atoms with Crippen molar-refractivity contribution in [3.05, 3.63) is 213 Å². The van der Waals surface area contributed by atoms with Crippen LogP contribution in [0.2, 0.25) is 0 Å². The number of hydrogen-bond acceptors (Lipinski definition) is 4. The molecule has 7 rings (SSSR count). The molecular weight excluding hydrogens is 855 g/mol. The molecule has 0 saturated heterocycles. The van der Waals surface area contributed by atoms with Crippen molar-refractivity contribution in [2.75, 3.05) is 0 Å². The van der Waals surface area contributed by atoms with Gasteiger partial charge in [0.1, 0.15) is 17.7 Å². The molecule has 0 aromatic heterocycles. The Hall–Kier alpha value is -10.1. The molecule has 0 amide bonds. The third-order valence-corrected chi connectivity index (χ3v) is 10.4. The van der Waals surface area contributed by atoms with Crippen molar-refractivity contribution in [3.63, 3.8) is 0 Å². The van der Waals surface area contributed by atoms with Gasteiger partial charge in [-0.1, -0.05) is 18.2 Å². The molecule has 2 aliphatic rings. The summed E-state index contributed by atoms with van der Waals surface area (Å²) in [5.74, 6) is -17.1. The number of nitriles is 4. The van der Waals surface area contributed by atoms with Crippen LogP contribution < -0.4 is 0 Å². The zero-order valence-corrected chi connectivity index (χ0v) is 32.2. The number of hydrogen-bond donors (Lipinski definition) is 0. The third-order valence-electron chi connectivity index (χ3n) is 10.4. The minimum absolute atomic E-state index is 0.186. The van der Waals surface area contributed by atoms with Gasteiger partial charge in [0.05, 0.1) is 56.1 Å². The maximum atomic E-state index is 16.2. The second-order valence-electron chi connectivity index (χ2n) is 13.7. The van der Waals surface area contributed by atoms with Crippen molar-refractivity contribution in [2.24, 2.45) is 0 Å². The van der Waals surface area contributed by atoms with E-state index in [0.717, 1.165) is 61.5 Å². The number of nitrogens with zero attached hydrogens (tertiary/aromatic N) is 9. The zero-order chi connectivity index (χ0) is 47.3. The lowest BCUT2D eigenvalue weighted by atomic mass is 9.87. The number of halogens is 8. The van der Waals surface area contributed by atoms with E-state index in [0.29, 0.717) is 0 Å². The van der Waals surface area contributed by atoms with Crippen LogP contribution in [0.3, 0.4) is 0 Å². The Bertz CT molecular complexity index is 3580. The van der Waals surface area contributed by atoms with Gasteiger partial charge in [-0.15, -0.1) is 0 Å². The Labute approximate surface area is 361 Å². The summed E-state index contributed by atoms with van der Waals surface area (Å²) in [6, 6.07) is 15.2. The highest BCUT2D eigenvalue weighted by Crippen LogP contribution is 2.58. The molecule has 5 aromatic carbocycles. The predicted molar refractivity (Wildman–Crippen MR) is 217 cm³/mol. The van der Waals surface area contributed by atoms with Gasteiger partial charge in [0.2, 0.25) is 11.4 Å². The van der Waals surface area contributed by atoms with Crippen LogP contribution in [0.15, 0.2) is 48.5 Å². The lowest BCUT2D eigenvalue weighted by Crippen LogP contribution is -2.07. The van der Waals surface area contributed by atoms with Gasteiger partial charge in [0, 0.05) is 22.3 Å². The van der Waals surface area contributed by atoms with Crippen molar-refractivity contribution in [2.45, 2.75) is 6.92 Å². The van der Waals surface area contributed by atoms with E-state index in [9.17, 15) is 21.0 Å². The Balaban J connectivity index is 1.74. The molecule has 0 unspecified atom stereocenters. The molecule has 304 valence electrons. The van der Waals surface area contributed by atoms with Gasteiger partial charge >= 0.3 is 0 Å². The fourth-order valence-corrected chi connectivity index (χ4v) is 7.72. The molecule has 0 bridgehead atoms. The number of rotatable bonds is 4. The standard InChI is InChI=1S/C48H11F8N9/c1-19-26-13-28-29(14-27(26)34(46(63-4)23-8-21(16-58)10-25(12-23)62-3)32(19)36-40(51)38(49)31(18-60)39(50)41(36)52)47(64-5)35(37-42(53)44(55)48(65-6)45(56)43(37)54)33(28)30(17-59)22-7-20(15-57)9-24(11-22)61-2/h7-14H,1H3/b33-30-,46-34+. The van der Waals surface area contributed by atoms with Crippen LogP contribution in [-0.4, -0.2) is 0 Å². The van der Waals surface area contributed by atoms with E-state index >= 15 is 35.1 Å². The average molecular weight is 866 g/mol. The van der Waals surface area contributed by atoms with Gasteiger partial charge < -0.3 is 0 Å². The lowest BCUT2D eigenvalue weighted by molar-refractivity contribution is 0.447. The summed E-state index contributed by atoms with van der Waals surface area (Å²) in [4.78, 5) is 16.0. The Morgan fingerprint density at radius 1 is 0.492 bits per heavy atom. The fourth-order valence-electron chi connectivity index (χ4n) is 7.72. The van der Waals surface area contributed by atoms with Crippen molar-refractivity contribution in [1.29, 1.82) is 21.0 Å². The Morgan fingerprint density at radius 2 is 0.985 bits per heavy atom. The summed E-state index contributed by atoms with van der Waals surface area (Å²) < 4.78 is 127. The molecule has 9 nitrogen and oxygen atoms in total. The van der Waals surface area contributed by atoms with Crippen LogP contribution >= 0.6 is 0 Å². The third kappa shape index (κ3) is 6.30. The second-order valence-corrected chi connectivity index (χ2v) is 13.7. The SMILES string of the molecule is [C-]#[N+]C1=C(c2c(F)c(F)c([N+]#[C-])c(F)c2F)/C(=C(/C#N)c2cc(C#N)cc([N+]#[C-])c2)c2cc3c(cc21)/C(=C(\[N+]#[C-])c1cc(C#N)cc([N+]#[C-])c1)C(c1c(F)c(F)c(C#N)c(F)c1F)=C3C. The van der Waals surface area contributed by atoms with Crippen molar-refractivity contribution in [3.8, 4) is 24.3 Å². The fraction of sp³-hybridized carbons (Fsp3) is 0.0208. The monoisotopic (exact) mass is 865 g/mol. The van der Waals surface area contributed by atoms with Crippen LogP contribution in [-0.2, 0) is 0 Å². The van der Waals surface area contributed by atoms with Crippen LogP contribution in [0, 0.1) is 125 Å². The molecule has 65 heavy (non-hydrogen) atoms. The number of fused-ring (bicyclic) bond motifs is 2. The molecule has 0 N–H and O–H groups in total. The maximum Gasteiger partial charge on any atom is 0.262 e. The van der Waals surface area contributed by atoms with Crippen molar-refractivity contribution < 1.29 is 35.1 Å². The quantitative estimate of drug-likeness (QED) is 0.0774. The molecule has 0 radical (unpaired) electrons. The topological polar surface area (TPSA) is 117 Å². The molecule has 0 atom stereocenters. The summed E-state index contributed by atoms with van der Waals surface area (Å²) in [5.41, 5.74) is -14.3. The molecule has 0 fully saturated rings. The minimum Gasteiger partial charge on any atom is -0.238 e. The molecule has 0 heterocycles. The summed E-state index contributed by atoms with van der Waals surface area (Å²) in [7, 11) is 0. The first-order chi connectivity index (χ1) is 31.1. The highest BCUT2D eigenvalue weighted by molar-refractivity contribution is 6.32. The second kappa shape index (κ2) is 16.1. The van der Waals surface area contributed by atoms with Gasteiger partial charge in [0.25, 0.3) is 5.69 Å². The normalized spacial score (nSPS) is 13.7.